The van der Waals surface area contributed by atoms with Crippen LogP contribution in [-0.4, -0.2) is 12.6 Å². The van der Waals surface area contributed by atoms with Gasteiger partial charge in [-0.3, -0.25) is 0 Å². The van der Waals surface area contributed by atoms with E-state index in [-0.39, 0.29) is 0 Å². The van der Waals surface area contributed by atoms with Crippen molar-refractivity contribution < 1.29 is 4.79 Å². The summed E-state index contributed by atoms with van der Waals surface area (Å²) < 4.78 is 1.12. The summed E-state index contributed by atoms with van der Waals surface area (Å²) in [5.74, 6) is 0.811. The molecule has 0 aliphatic rings. The highest BCUT2D eigenvalue weighted by molar-refractivity contribution is 9.11. The first-order chi connectivity index (χ1) is 6.65. The van der Waals surface area contributed by atoms with Crippen LogP contribution in [0.4, 0.5) is 0 Å². The monoisotopic (exact) mass is 273 g/mol. The van der Waals surface area contributed by atoms with Crippen molar-refractivity contribution in [2.45, 2.75) is 19.8 Å². The summed E-state index contributed by atoms with van der Waals surface area (Å²) in [4.78, 5) is 15.0. The molecule has 1 unspecified atom stereocenters. The zero-order valence-corrected chi connectivity index (χ0v) is 10.6. The smallest absolute Gasteiger partial charge is 0.211 e. The van der Waals surface area contributed by atoms with Gasteiger partial charge in [0, 0.05) is 10.8 Å². The van der Waals surface area contributed by atoms with Crippen molar-refractivity contribution in [3.63, 3.8) is 0 Å². The first kappa shape index (κ1) is 11.6. The molecule has 0 saturated carbocycles. The van der Waals surface area contributed by atoms with E-state index >= 15 is 0 Å². The second kappa shape index (κ2) is 5.44. The molecule has 1 rings (SSSR count). The van der Waals surface area contributed by atoms with Crippen molar-refractivity contribution in [1.82, 2.24) is 0 Å². The number of thiophene rings is 1. The normalized spacial score (nSPS) is 12.6. The molecule has 76 valence electrons. The standard InChI is InChI=1S/C10H12BrNOS/c1-7(2)8(5-12-6-13)9-3-4-10(11)14-9/h3-4,7-8H,5H2,1-2H3. The van der Waals surface area contributed by atoms with E-state index in [0.717, 1.165) is 3.79 Å². The van der Waals surface area contributed by atoms with Gasteiger partial charge >= 0.3 is 0 Å². The van der Waals surface area contributed by atoms with Crippen LogP contribution in [0.3, 0.4) is 0 Å². The van der Waals surface area contributed by atoms with E-state index in [1.165, 1.54) is 4.88 Å². The van der Waals surface area contributed by atoms with Gasteiger partial charge in [0.1, 0.15) is 0 Å². The predicted molar refractivity (Wildman–Crippen MR) is 62.6 cm³/mol. The molecule has 0 spiro atoms. The van der Waals surface area contributed by atoms with Gasteiger partial charge in [0.2, 0.25) is 6.08 Å². The largest absolute Gasteiger partial charge is 0.234 e. The van der Waals surface area contributed by atoms with Crippen molar-refractivity contribution in [3.8, 4) is 0 Å². The SMILES string of the molecule is CC(C)C(CN=C=O)c1ccc(Br)s1. The maximum absolute atomic E-state index is 10.1. The molecule has 14 heavy (non-hydrogen) atoms. The van der Waals surface area contributed by atoms with Crippen LogP contribution in [0, 0.1) is 5.92 Å². The third kappa shape index (κ3) is 3.05. The minimum Gasteiger partial charge on any atom is -0.211 e. The number of nitrogens with zero attached hydrogens (tertiary/aromatic N) is 1. The van der Waals surface area contributed by atoms with Crippen LogP contribution in [-0.2, 0) is 4.79 Å². The maximum atomic E-state index is 10.1. The molecule has 0 aromatic carbocycles. The van der Waals surface area contributed by atoms with Crippen molar-refractivity contribution >= 4 is 33.3 Å². The summed E-state index contributed by atoms with van der Waals surface area (Å²) in [5.41, 5.74) is 0. The molecule has 1 atom stereocenters. The summed E-state index contributed by atoms with van der Waals surface area (Å²) in [6.07, 6.45) is 1.60. The topological polar surface area (TPSA) is 29.4 Å². The van der Waals surface area contributed by atoms with Gasteiger partial charge in [0.25, 0.3) is 0 Å². The molecule has 0 bridgehead atoms. The van der Waals surface area contributed by atoms with Crippen LogP contribution in [0.2, 0.25) is 0 Å². The second-order valence-electron chi connectivity index (χ2n) is 3.42. The lowest BCUT2D eigenvalue weighted by Crippen LogP contribution is -2.08. The Bertz CT molecular complexity index is 342. The van der Waals surface area contributed by atoms with Crippen molar-refractivity contribution in [1.29, 1.82) is 0 Å². The zero-order valence-electron chi connectivity index (χ0n) is 8.16. The van der Waals surface area contributed by atoms with Crippen molar-refractivity contribution in [3.05, 3.63) is 20.8 Å². The van der Waals surface area contributed by atoms with Gasteiger partial charge in [0.05, 0.1) is 10.3 Å². The fourth-order valence-corrected chi connectivity index (χ4v) is 2.98. The molecule has 4 heteroatoms. The van der Waals surface area contributed by atoms with Gasteiger partial charge in [-0.15, -0.1) is 11.3 Å². The molecule has 0 amide bonds. The Kier molecular flexibility index (Phi) is 4.52. The first-order valence-electron chi connectivity index (χ1n) is 4.44. The minimum absolute atomic E-state index is 0.327. The molecule has 0 radical (unpaired) electrons. The number of rotatable bonds is 4. The molecule has 0 aliphatic heterocycles. The number of hydrogen-bond donors (Lipinski definition) is 0. The Balaban J connectivity index is 2.82. The number of hydrogen-bond acceptors (Lipinski definition) is 3. The summed E-state index contributed by atoms with van der Waals surface area (Å²) in [6, 6.07) is 4.11. The molecule has 2 nitrogen and oxygen atoms in total. The van der Waals surface area contributed by atoms with E-state index in [9.17, 15) is 4.79 Å². The van der Waals surface area contributed by atoms with Gasteiger partial charge in [-0.1, -0.05) is 13.8 Å². The highest BCUT2D eigenvalue weighted by Gasteiger charge is 2.17. The molecule has 1 aromatic rings. The molecule has 1 heterocycles. The van der Waals surface area contributed by atoms with Crippen LogP contribution in [0.15, 0.2) is 20.9 Å². The molecule has 0 fully saturated rings. The summed E-state index contributed by atoms with van der Waals surface area (Å²) in [5, 5.41) is 0. The first-order valence-corrected chi connectivity index (χ1v) is 6.05. The molecule has 1 aromatic heterocycles. The Morgan fingerprint density at radius 1 is 1.57 bits per heavy atom. The summed E-state index contributed by atoms with van der Waals surface area (Å²) in [7, 11) is 0. The minimum atomic E-state index is 0.327. The lowest BCUT2D eigenvalue weighted by molar-refractivity contribution is 0.508. The quantitative estimate of drug-likeness (QED) is 0.609. The molecule has 0 saturated heterocycles. The summed E-state index contributed by atoms with van der Waals surface area (Å²) >= 11 is 5.13. The van der Waals surface area contributed by atoms with E-state index in [2.05, 4.69) is 40.8 Å². The predicted octanol–water partition coefficient (Wildman–Crippen LogP) is 3.59. The van der Waals surface area contributed by atoms with Crippen molar-refractivity contribution in [2.75, 3.05) is 6.54 Å². The van der Waals surface area contributed by atoms with E-state index in [4.69, 9.17) is 0 Å². The van der Waals surface area contributed by atoms with Crippen LogP contribution in [0.5, 0.6) is 0 Å². The van der Waals surface area contributed by atoms with Crippen LogP contribution in [0.1, 0.15) is 24.6 Å². The number of carbonyl (C=O) groups excluding carboxylic acids is 1. The fraction of sp³-hybridized carbons (Fsp3) is 0.500. The maximum Gasteiger partial charge on any atom is 0.234 e. The number of isocyanates is 1. The zero-order chi connectivity index (χ0) is 10.6. The number of halogens is 1. The van der Waals surface area contributed by atoms with Gasteiger partial charge in [-0.2, -0.15) is 0 Å². The fourth-order valence-electron chi connectivity index (χ4n) is 1.29. The van der Waals surface area contributed by atoms with Crippen LogP contribution >= 0.6 is 27.3 Å². The highest BCUT2D eigenvalue weighted by atomic mass is 79.9. The van der Waals surface area contributed by atoms with E-state index in [1.54, 1.807) is 17.4 Å². The average molecular weight is 274 g/mol. The van der Waals surface area contributed by atoms with E-state index in [1.807, 2.05) is 6.07 Å². The second-order valence-corrected chi connectivity index (χ2v) is 5.92. The average Bonchev–Trinajstić information content (AvgIpc) is 2.52. The van der Waals surface area contributed by atoms with Gasteiger partial charge < -0.3 is 0 Å². The van der Waals surface area contributed by atoms with Gasteiger partial charge in [0.15, 0.2) is 0 Å². The van der Waals surface area contributed by atoms with Crippen LogP contribution in [0.25, 0.3) is 0 Å². The molecular weight excluding hydrogens is 262 g/mol. The lowest BCUT2D eigenvalue weighted by atomic mass is 9.94. The molecule has 0 N–H and O–H groups in total. The Morgan fingerprint density at radius 2 is 2.29 bits per heavy atom. The molecule has 0 aliphatic carbocycles. The summed E-state index contributed by atoms with van der Waals surface area (Å²) in [6.45, 7) is 4.81. The lowest BCUT2D eigenvalue weighted by Gasteiger charge is -2.15. The Hall–Kier alpha value is -0.440. The Morgan fingerprint density at radius 3 is 2.71 bits per heavy atom. The third-order valence-corrected chi connectivity index (χ3v) is 3.87. The van der Waals surface area contributed by atoms with E-state index < -0.39 is 0 Å². The van der Waals surface area contributed by atoms with Crippen LogP contribution < -0.4 is 0 Å². The third-order valence-electron chi connectivity index (χ3n) is 2.12. The van der Waals surface area contributed by atoms with E-state index in [0.29, 0.717) is 18.4 Å². The molecular formula is C10H12BrNOS. The van der Waals surface area contributed by atoms with Crippen molar-refractivity contribution in [2.24, 2.45) is 10.9 Å². The highest BCUT2D eigenvalue weighted by Crippen LogP contribution is 2.32. The Labute approximate surface area is 96.2 Å². The van der Waals surface area contributed by atoms with Gasteiger partial charge in [-0.25, -0.2) is 9.79 Å². The van der Waals surface area contributed by atoms with Gasteiger partial charge in [-0.05, 0) is 34.0 Å². The number of aliphatic imine (C=N–C) groups is 1.